The Bertz CT molecular complexity index is 787. The average molecular weight is 311 g/mol. The number of tetrazole rings is 1. The molecule has 0 aliphatic heterocycles. The molecule has 7 heteroatoms. The molecule has 3 aromatic rings. The molecular weight excluding hydrogens is 298 g/mol. The number of benzene rings is 2. The van der Waals surface area contributed by atoms with Crippen molar-refractivity contribution in [1.29, 1.82) is 0 Å². The summed E-state index contributed by atoms with van der Waals surface area (Å²) in [6.45, 7) is 0. The number of nitrogens with one attached hydrogen (secondary N) is 1. The van der Waals surface area contributed by atoms with Crippen LogP contribution in [0, 0.1) is 0 Å². The highest BCUT2D eigenvalue weighted by molar-refractivity contribution is 7.80. The van der Waals surface area contributed by atoms with Crippen molar-refractivity contribution in [2.75, 3.05) is 5.32 Å². The van der Waals surface area contributed by atoms with Gasteiger partial charge in [0, 0.05) is 5.69 Å². The first-order valence-electron chi connectivity index (χ1n) is 6.64. The van der Waals surface area contributed by atoms with E-state index in [9.17, 15) is 4.79 Å². The van der Waals surface area contributed by atoms with Crippen molar-refractivity contribution in [2.24, 2.45) is 0 Å². The monoisotopic (exact) mass is 311 g/mol. The van der Waals surface area contributed by atoms with Crippen molar-refractivity contribution in [2.45, 2.75) is 11.6 Å². The van der Waals surface area contributed by atoms with E-state index in [1.165, 1.54) is 4.68 Å². The molecule has 0 fully saturated rings. The summed E-state index contributed by atoms with van der Waals surface area (Å²) in [5.41, 5.74) is 2.38. The number of hydrogen-bond acceptors (Lipinski definition) is 5. The van der Waals surface area contributed by atoms with E-state index in [1.54, 1.807) is 6.07 Å². The van der Waals surface area contributed by atoms with Crippen LogP contribution in [0.2, 0.25) is 0 Å². The molecule has 1 N–H and O–H groups in total. The molecule has 110 valence electrons. The van der Waals surface area contributed by atoms with Crippen LogP contribution in [0.3, 0.4) is 0 Å². The van der Waals surface area contributed by atoms with E-state index in [4.69, 9.17) is 0 Å². The molecule has 1 heterocycles. The lowest BCUT2D eigenvalue weighted by molar-refractivity contribution is -0.115. The minimum atomic E-state index is -0.0776. The molecule has 2 aromatic carbocycles. The molecular formula is C15H13N5OS. The Morgan fingerprint density at radius 3 is 2.68 bits per heavy atom. The van der Waals surface area contributed by atoms with Crippen LogP contribution >= 0.6 is 12.6 Å². The van der Waals surface area contributed by atoms with Gasteiger partial charge < -0.3 is 5.32 Å². The third-order valence-electron chi connectivity index (χ3n) is 3.04. The highest BCUT2D eigenvalue weighted by Crippen LogP contribution is 2.16. The summed E-state index contributed by atoms with van der Waals surface area (Å²) < 4.78 is 1.48. The minimum Gasteiger partial charge on any atom is -0.326 e. The fourth-order valence-corrected chi connectivity index (χ4v) is 2.25. The summed E-state index contributed by atoms with van der Waals surface area (Å²) in [6.07, 6.45) is 0.327. The highest BCUT2D eigenvalue weighted by Gasteiger charge is 2.07. The minimum absolute atomic E-state index is 0.0776. The molecule has 3 rings (SSSR count). The van der Waals surface area contributed by atoms with E-state index in [1.807, 2.05) is 48.5 Å². The lowest BCUT2D eigenvalue weighted by Crippen LogP contribution is -2.14. The quantitative estimate of drug-likeness (QED) is 0.724. The fraction of sp³-hybridized carbons (Fsp3) is 0.0667. The van der Waals surface area contributed by atoms with Crippen molar-refractivity contribution in [3.8, 4) is 5.69 Å². The van der Waals surface area contributed by atoms with Crippen LogP contribution in [0.4, 0.5) is 5.69 Å². The van der Waals surface area contributed by atoms with Crippen molar-refractivity contribution in [1.82, 2.24) is 20.2 Å². The third kappa shape index (κ3) is 3.32. The van der Waals surface area contributed by atoms with Gasteiger partial charge >= 0.3 is 0 Å². The zero-order chi connectivity index (χ0) is 15.4. The number of anilines is 1. The number of carbonyl (C=O) groups is 1. The largest absolute Gasteiger partial charge is 0.326 e. The normalized spacial score (nSPS) is 10.4. The standard InChI is InChI=1S/C15H13N5OS/c21-14(9-11-5-2-1-3-6-11)16-12-7-4-8-13(10-12)20-15(22)17-18-19-20/h1-8,10H,9H2,(H,16,21)(H,17,19,22). The molecule has 0 spiro atoms. The molecule has 1 aromatic heterocycles. The zero-order valence-corrected chi connectivity index (χ0v) is 12.4. The predicted octanol–water partition coefficient (Wildman–Crippen LogP) is 2.13. The Labute approximate surface area is 132 Å². The topological polar surface area (TPSA) is 72.7 Å². The molecule has 0 bridgehead atoms. The molecule has 6 nitrogen and oxygen atoms in total. The van der Waals surface area contributed by atoms with E-state index in [0.717, 1.165) is 11.3 Å². The van der Waals surface area contributed by atoms with Crippen LogP contribution in [0.5, 0.6) is 0 Å². The number of nitrogens with zero attached hydrogens (tertiary/aromatic N) is 4. The van der Waals surface area contributed by atoms with Crippen molar-refractivity contribution in [3.05, 3.63) is 60.2 Å². The maximum Gasteiger partial charge on any atom is 0.228 e. The average Bonchev–Trinajstić information content (AvgIpc) is 2.94. The van der Waals surface area contributed by atoms with Gasteiger partial charge in [-0.15, -0.1) is 17.7 Å². The Hall–Kier alpha value is -2.67. The molecule has 0 atom stereocenters. The fourth-order valence-electron chi connectivity index (χ4n) is 2.05. The van der Waals surface area contributed by atoms with Gasteiger partial charge in [0.25, 0.3) is 0 Å². The van der Waals surface area contributed by atoms with Gasteiger partial charge in [0.1, 0.15) is 0 Å². The first-order valence-corrected chi connectivity index (χ1v) is 7.08. The number of rotatable bonds is 4. The first kappa shape index (κ1) is 14.3. The summed E-state index contributed by atoms with van der Waals surface area (Å²) in [5.74, 6) is -0.0776. The van der Waals surface area contributed by atoms with Crippen LogP contribution in [0.15, 0.2) is 59.8 Å². The van der Waals surface area contributed by atoms with Crippen LogP contribution in [-0.2, 0) is 11.2 Å². The second-order valence-electron chi connectivity index (χ2n) is 4.65. The number of amides is 1. The van der Waals surface area contributed by atoms with Gasteiger partial charge in [0.05, 0.1) is 12.1 Å². The third-order valence-corrected chi connectivity index (χ3v) is 3.31. The summed E-state index contributed by atoms with van der Waals surface area (Å²) in [4.78, 5) is 12.1. The maximum atomic E-state index is 12.1. The summed E-state index contributed by atoms with van der Waals surface area (Å²) >= 11 is 4.17. The van der Waals surface area contributed by atoms with Crippen LogP contribution < -0.4 is 5.32 Å². The summed E-state index contributed by atoms with van der Waals surface area (Å²) in [5, 5.41) is 14.4. The number of carbonyl (C=O) groups excluding carboxylic acids is 1. The first-order chi connectivity index (χ1) is 10.7. The van der Waals surface area contributed by atoms with Gasteiger partial charge in [0.15, 0.2) is 0 Å². The van der Waals surface area contributed by atoms with Crippen molar-refractivity contribution < 1.29 is 4.79 Å². The molecule has 22 heavy (non-hydrogen) atoms. The number of aromatic nitrogens is 4. The molecule has 1 amide bonds. The zero-order valence-electron chi connectivity index (χ0n) is 11.5. The van der Waals surface area contributed by atoms with Gasteiger partial charge in [-0.2, -0.15) is 4.68 Å². The molecule has 0 aliphatic carbocycles. The van der Waals surface area contributed by atoms with E-state index >= 15 is 0 Å². The SMILES string of the molecule is O=C(Cc1ccccc1)Nc1cccc(-n2nnnc2S)c1. The van der Waals surface area contributed by atoms with E-state index in [-0.39, 0.29) is 5.91 Å². The van der Waals surface area contributed by atoms with Gasteiger partial charge in [-0.05, 0) is 34.2 Å². The van der Waals surface area contributed by atoms with Gasteiger partial charge in [-0.3, -0.25) is 4.79 Å². The van der Waals surface area contributed by atoms with E-state index < -0.39 is 0 Å². The number of hydrogen-bond donors (Lipinski definition) is 2. The van der Waals surface area contributed by atoms with Crippen molar-refractivity contribution in [3.63, 3.8) is 0 Å². The van der Waals surface area contributed by atoms with Crippen LogP contribution in [0.1, 0.15) is 5.56 Å². The predicted molar refractivity (Wildman–Crippen MR) is 85.2 cm³/mol. The van der Waals surface area contributed by atoms with Crippen LogP contribution in [0.25, 0.3) is 5.69 Å². The summed E-state index contributed by atoms with van der Waals surface area (Å²) in [7, 11) is 0. The summed E-state index contributed by atoms with van der Waals surface area (Å²) in [6, 6.07) is 16.9. The molecule has 0 radical (unpaired) electrons. The second kappa shape index (κ2) is 6.40. The Kier molecular flexibility index (Phi) is 4.15. The second-order valence-corrected chi connectivity index (χ2v) is 5.05. The van der Waals surface area contributed by atoms with Gasteiger partial charge in [-0.25, -0.2) is 0 Å². The Morgan fingerprint density at radius 2 is 1.95 bits per heavy atom. The molecule has 0 unspecified atom stereocenters. The lowest BCUT2D eigenvalue weighted by atomic mass is 10.1. The lowest BCUT2D eigenvalue weighted by Gasteiger charge is -2.07. The van der Waals surface area contributed by atoms with Crippen LogP contribution in [-0.4, -0.2) is 26.1 Å². The molecule has 0 aliphatic rings. The molecule has 0 saturated carbocycles. The maximum absolute atomic E-state index is 12.1. The van der Waals surface area contributed by atoms with Gasteiger partial charge in [-0.1, -0.05) is 36.4 Å². The molecule has 0 saturated heterocycles. The van der Waals surface area contributed by atoms with Crippen molar-refractivity contribution >= 4 is 24.2 Å². The smallest absolute Gasteiger partial charge is 0.228 e. The number of thiol groups is 1. The Morgan fingerprint density at radius 1 is 1.14 bits per heavy atom. The Balaban J connectivity index is 1.73. The van der Waals surface area contributed by atoms with E-state index in [2.05, 4.69) is 33.5 Å². The highest BCUT2D eigenvalue weighted by atomic mass is 32.1. The van der Waals surface area contributed by atoms with Gasteiger partial charge in [0.2, 0.25) is 11.1 Å². The van der Waals surface area contributed by atoms with E-state index in [0.29, 0.717) is 17.3 Å².